The fourth-order valence-electron chi connectivity index (χ4n) is 2.70. The van der Waals surface area contributed by atoms with E-state index in [9.17, 15) is 31.2 Å². The summed E-state index contributed by atoms with van der Waals surface area (Å²) in [6, 6.07) is 8.89. The Kier molecular flexibility index (Phi) is 6.80. The van der Waals surface area contributed by atoms with Crippen molar-refractivity contribution in [3.63, 3.8) is 0 Å². The van der Waals surface area contributed by atoms with Gasteiger partial charge in [0.1, 0.15) is 5.75 Å². The number of alkyl halides is 3. The van der Waals surface area contributed by atoms with Crippen LogP contribution < -0.4 is 15.4 Å². The molecule has 2 amide bonds. The molecule has 0 fully saturated rings. The Hall–Kier alpha value is -2.73. The molecule has 31 heavy (non-hydrogen) atoms. The molecule has 0 spiro atoms. The summed E-state index contributed by atoms with van der Waals surface area (Å²) < 4.78 is 65.4. The molecule has 0 aromatic heterocycles. The van der Waals surface area contributed by atoms with Gasteiger partial charge in [-0.2, -0.15) is 0 Å². The van der Waals surface area contributed by atoms with Crippen LogP contribution in [0.5, 0.6) is 5.75 Å². The van der Waals surface area contributed by atoms with E-state index in [1.54, 1.807) is 6.07 Å². The van der Waals surface area contributed by atoms with Crippen LogP contribution in [0.4, 0.5) is 24.5 Å². The number of benzene rings is 2. The minimum atomic E-state index is -4.82. The Labute approximate surface area is 180 Å². The molecule has 0 radical (unpaired) electrons. The lowest BCUT2D eigenvalue weighted by molar-refractivity contribution is -0.274. The third-order valence-electron chi connectivity index (χ3n) is 4.14. The highest BCUT2D eigenvalue weighted by molar-refractivity contribution is 7.99. The van der Waals surface area contributed by atoms with Crippen LogP contribution in [0.25, 0.3) is 0 Å². The minimum Gasteiger partial charge on any atom is -0.406 e. The van der Waals surface area contributed by atoms with Crippen LogP contribution in [0.2, 0.25) is 0 Å². The number of hydrogen-bond donors (Lipinski definition) is 2. The summed E-state index contributed by atoms with van der Waals surface area (Å²) in [6.45, 7) is 0. The first-order valence-corrected chi connectivity index (χ1v) is 11.6. The zero-order chi connectivity index (χ0) is 22.6. The maximum atomic E-state index is 12.6. The van der Waals surface area contributed by atoms with Crippen molar-refractivity contribution >= 4 is 44.8 Å². The summed E-state index contributed by atoms with van der Waals surface area (Å²) in [5.74, 6) is -1.15. The molecule has 1 aliphatic heterocycles. The van der Waals surface area contributed by atoms with E-state index in [1.165, 1.54) is 36.0 Å². The molecule has 3 rings (SSSR count). The van der Waals surface area contributed by atoms with Crippen molar-refractivity contribution in [1.82, 2.24) is 0 Å². The first-order valence-electron chi connectivity index (χ1n) is 8.97. The molecule has 2 N–H and O–H groups in total. The second-order valence-electron chi connectivity index (χ2n) is 6.49. The molecular formula is C19H17F3N2O5S2. The van der Waals surface area contributed by atoms with Crippen molar-refractivity contribution in [2.45, 2.75) is 29.0 Å². The zero-order valence-corrected chi connectivity index (χ0v) is 17.5. The first-order chi connectivity index (χ1) is 14.5. The Balaban J connectivity index is 1.60. The molecule has 0 saturated heterocycles. The van der Waals surface area contributed by atoms with Crippen LogP contribution in [0, 0.1) is 0 Å². The molecule has 7 nitrogen and oxygen atoms in total. The van der Waals surface area contributed by atoms with E-state index in [-0.39, 0.29) is 22.9 Å². The molecule has 0 unspecified atom stereocenters. The van der Waals surface area contributed by atoms with Gasteiger partial charge >= 0.3 is 6.36 Å². The van der Waals surface area contributed by atoms with Crippen molar-refractivity contribution in [1.29, 1.82) is 0 Å². The number of sulfone groups is 1. The second kappa shape index (κ2) is 9.18. The fourth-order valence-corrected chi connectivity index (χ4v) is 4.90. The summed E-state index contributed by atoms with van der Waals surface area (Å²) in [4.78, 5) is 24.5. The number of amides is 2. The Bertz CT molecular complexity index is 1090. The van der Waals surface area contributed by atoms with Gasteiger partial charge in [-0.05, 0) is 42.5 Å². The van der Waals surface area contributed by atoms with Gasteiger partial charge in [0.15, 0.2) is 9.84 Å². The number of anilines is 2. The summed E-state index contributed by atoms with van der Waals surface area (Å²) in [5.41, 5.74) is 0.612. The predicted molar refractivity (Wildman–Crippen MR) is 109 cm³/mol. The van der Waals surface area contributed by atoms with Crippen LogP contribution in [0.15, 0.2) is 52.3 Å². The lowest BCUT2D eigenvalue weighted by atomic mass is 10.3. The summed E-state index contributed by atoms with van der Waals surface area (Å²) in [7, 11) is -3.80. The number of fused-ring (bicyclic) bond motifs is 1. The second-order valence-corrected chi connectivity index (χ2v) is 9.74. The van der Waals surface area contributed by atoms with Gasteiger partial charge in [0.2, 0.25) is 11.8 Å². The third-order valence-corrected chi connectivity index (χ3v) is 6.93. The highest BCUT2D eigenvalue weighted by atomic mass is 32.2. The van der Waals surface area contributed by atoms with Gasteiger partial charge in [0.25, 0.3) is 0 Å². The van der Waals surface area contributed by atoms with E-state index >= 15 is 0 Å². The van der Waals surface area contributed by atoms with E-state index in [4.69, 9.17) is 0 Å². The van der Waals surface area contributed by atoms with E-state index in [0.717, 1.165) is 17.0 Å². The van der Waals surface area contributed by atoms with Gasteiger partial charge in [-0.15, -0.1) is 24.9 Å². The smallest absolute Gasteiger partial charge is 0.406 e. The average molecular weight is 474 g/mol. The van der Waals surface area contributed by atoms with Crippen molar-refractivity contribution in [2.75, 3.05) is 22.1 Å². The number of nitrogens with one attached hydrogen (secondary N) is 2. The number of hydrogen-bond acceptors (Lipinski definition) is 6. The predicted octanol–water partition coefficient (Wildman–Crippen LogP) is 3.82. The van der Waals surface area contributed by atoms with Gasteiger partial charge in [0, 0.05) is 29.2 Å². The quantitative estimate of drug-likeness (QED) is 0.660. The molecule has 0 atom stereocenters. The Morgan fingerprint density at radius 1 is 1.16 bits per heavy atom. The number of rotatable bonds is 6. The first kappa shape index (κ1) is 22.9. The van der Waals surface area contributed by atoms with Crippen LogP contribution in [-0.2, 0) is 19.4 Å². The normalized spacial score (nSPS) is 14.2. The molecule has 2 aromatic carbocycles. The number of thioether (sulfide) groups is 1. The molecule has 2 aromatic rings. The molecule has 0 aliphatic carbocycles. The standard InChI is InChI=1S/C19H17F3N2O5S2/c20-19(21,22)29-13-3-1-12(2-4-13)23-18(26)8-10-31(27,28)14-5-6-16-15(11-14)24-17(25)7-9-30-16/h1-6,11H,7-10H2,(H,23,26)(H,24,25). The van der Waals surface area contributed by atoms with Crippen molar-refractivity contribution in [2.24, 2.45) is 0 Å². The van der Waals surface area contributed by atoms with Crippen LogP contribution in [0.3, 0.4) is 0 Å². The highest BCUT2D eigenvalue weighted by Gasteiger charge is 2.31. The highest BCUT2D eigenvalue weighted by Crippen LogP contribution is 2.33. The monoisotopic (exact) mass is 474 g/mol. The van der Waals surface area contributed by atoms with Crippen molar-refractivity contribution < 1.29 is 35.9 Å². The lowest BCUT2D eigenvalue weighted by Crippen LogP contribution is -2.18. The SMILES string of the molecule is O=C(CCS(=O)(=O)c1ccc2c(c1)NC(=O)CCS2)Nc1ccc(OC(F)(F)F)cc1. The summed E-state index contributed by atoms with van der Waals surface area (Å²) in [6.07, 6.45) is -4.86. The van der Waals surface area contributed by atoms with E-state index in [2.05, 4.69) is 15.4 Å². The molecule has 166 valence electrons. The summed E-state index contributed by atoms with van der Waals surface area (Å²) in [5, 5.41) is 5.09. The zero-order valence-electron chi connectivity index (χ0n) is 15.9. The molecule has 0 saturated carbocycles. The maximum absolute atomic E-state index is 12.6. The number of carbonyl (C=O) groups excluding carboxylic acids is 2. The van der Waals surface area contributed by atoms with Gasteiger partial charge in [-0.1, -0.05) is 0 Å². The molecule has 12 heteroatoms. The number of halogens is 3. The summed E-state index contributed by atoms with van der Waals surface area (Å²) >= 11 is 1.44. The van der Waals surface area contributed by atoms with E-state index in [0.29, 0.717) is 17.9 Å². The molecule has 1 aliphatic rings. The molecular weight excluding hydrogens is 457 g/mol. The van der Waals surface area contributed by atoms with Gasteiger partial charge in [-0.3, -0.25) is 9.59 Å². The largest absolute Gasteiger partial charge is 0.573 e. The topological polar surface area (TPSA) is 102 Å². The van der Waals surface area contributed by atoms with E-state index in [1.807, 2.05) is 0 Å². The van der Waals surface area contributed by atoms with Crippen molar-refractivity contribution in [3.8, 4) is 5.75 Å². The number of ether oxygens (including phenoxy) is 1. The van der Waals surface area contributed by atoms with Crippen molar-refractivity contribution in [3.05, 3.63) is 42.5 Å². The van der Waals surface area contributed by atoms with Gasteiger partial charge in [-0.25, -0.2) is 8.42 Å². The molecule has 0 bridgehead atoms. The fraction of sp³-hybridized carbons (Fsp3) is 0.263. The maximum Gasteiger partial charge on any atom is 0.573 e. The Morgan fingerprint density at radius 2 is 1.87 bits per heavy atom. The molecule has 1 heterocycles. The van der Waals surface area contributed by atoms with Gasteiger partial charge < -0.3 is 15.4 Å². The minimum absolute atomic E-state index is 0.0181. The van der Waals surface area contributed by atoms with Gasteiger partial charge in [0.05, 0.1) is 16.3 Å². The van der Waals surface area contributed by atoms with E-state index < -0.39 is 33.6 Å². The van der Waals surface area contributed by atoms with Crippen LogP contribution in [0.1, 0.15) is 12.8 Å². The lowest BCUT2D eigenvalue weighted by Gasteiger charge is -2.11. The Morgan fingerprint density at radius 3 is 2.55 bits per heavy atom. The average Bonchev–Trinajstić information content (AvgIpc) is 2.87. The van der Waals surface area contributed by atoms with Crippen LogP contribution in [-0.4, -0.2) is 38.1 Å². The number of carbonyl (C=O) groups is 2. The van der Waals surface area contributed by atoms with Crippen LogP contribution >= 0.6 is 11.8 Å². The third kappa shape index (κ3) is 6.62.